The molecule has 126 valence electrons. The summed E-state index contributed by atoms with van der Waals surface area (Å²) in [5.41, 5.74) is 0.800. The Morgan fingerprint density at radius 3 is 2.43 bits per heavy atom. The molecule has 0 spiro atoms. The fourth-order valence-electron chi connectivity index (χ4n) is 3.74. The lowest BCUT2D eigenvalue weighted by Crippen LogP contribution is -2.49. The van der Waals surface area contributed by atoms with Crippen LogP contribution in [0, 0.1) is 5.92 Å². The number of nitrogens with one attached hydrogen (secondary N) is 1. The van der Waals surface area contributed by atoms with Crippen LogP contribution in [-0.2, 0) is 4.74 Å². The van der Waals surface area contributed by atoms with E-state index in [1.165, 1.54) is 12.8 Å². The zero-order chi connectivity index (χ0) is 16.1. The molecule has 0 aliphatic carbocycles. The van der Waals surface area contributed by atoms with Crippen molar-refractivity contribution < 1.29 is 9.53 Å². The lowest BCUT2D eigenvalue weighted by molar-refractivity contribution is 0.0513. The molecule has 0 saturated carbocycles. The van der Waals surface area contributed by atoms with Crippen LogP contribution in [0.1, 0.15) is 43.0 Å². The first-order valence-corrected chi connectivity index (χ1v) is 8.92. The first-order valence-electron chi connectivity index (χ1n) is 8.92. The normalized spacial score (nSPS) is 22.0. The van der Waals surface area contributed by atoms with Gasteiger partial charge in [0.2, 0.25) is 0 Å². The molecule has 0 aromatic heterocycles. The Bertz CT molecular complexity index is 491. The number of ether oxygens (including phenoxy) is 1. The SMILES string of the molecule is CC(NC1CCN(C(=O)c2ccccc2)CC1)C1CCOCC1. The van der Waals surface area contributed by atoms with Crippen molar-refractivity contribution in [2.45, 2.75) is 44.7 Å². The topological polar surface area (TPSA) is 41.6 Å². The molecule has 3 rings (SSSR count). The third kappa shape index (κ3) is 4.33. The maximum Gasteiger partial charge on any atom is 0.253 e. The van der Waals surface area contributed by atoms with E-state index in [0.29, 0.717) is 12.1 Å². The van der Waals surface area contributed by atoms with Gasteiger partial charge in [0.1, 0.15) is 0 Å². The molecule has 4 nitrogen and oxygen atoms in total. The smallest absolute Gasteiger partial charge is 0.253 e. The summed E-state index contributed by atoms with van der Waals surface area (Å²) in [5.74, 6) is 0.897. The van der Waals surface area contributed by atoms with Crippen LogP contribution in [0.5, 0.6) is 0 Å². The number of piperidine rings is 1. The molecule has 2 fully saturated rings. The molecule has 23 heavy (non-hydrogen) atoms. The molecule has 1 atom stereocenters. The first-order chi connectivity index (χ1) is 11.2. The standard InChI is InChI=1S/C19H28N2O2/c1-15(16-9-13-23-14-10-16)20-18-7-11-21(12-8-18)19(22)17-5-3-2-4-6-17/h2-6,15-16,18,20H,7-14H2,1H3. The molecule has 0 bridgehead atoms. The van der Waals surface area contributed by atoms with Crippen molar-refractivity contribution in [2.24, 2.45) is 5.92 Å². The van der Waals surface area contributed by atoms with Gasteiger partial charge in [-0.2, -0.15) is 0 Å². The maximum absolute atomic E-state index is 12.5. The number of benzene rings is 1. The minimum Gasteiger partial charge on any atom is -0.381 e. The van der Waals surface area contributed by atoms with Gasteiger partial charge < -0.3 is 15.0 Å². The van der Waals surface area contributed by atoms with Gasteiger partial charge in [0.05, 0.1) is 0 Å². The van der Waals surface area contributed by atoms with Crippen molar-refractivity contribution in [1.29, 1.82) is 0 Å². The predicted octanol–water partition coefficient (Wildman–Crippen LogP) is 2.70. The van der Waals surface area contributed by atoms with Crippen molar-refractivity contribution in [2.75, 3.05) is 26.3 Å². The van der Waals surface area contributed by atoms with Gasteiger partial charge in [-0.05, 0) is 50.7 Å². The average molecular weight is 316 g/mol. The highest BCUT2D eigenvalue weighted by Gasteiger charge is 2.27. The molecule has 4 heteroatoms. The van der Waals surface area contributed by atoms with Crippen LogP contribution in [0.15, 0.2) is 30.3 Å². The lowest BCUT2D eigenvalue weighted by atomic mass is 9.91. The van der Waals surface area contributed by atoms with E-state index in [1.807, 2.05) is 35.2 Å². The number of rotatable bonds is 4. The molecule has 1 N–H and O–H groups in total. The molecule has 1 amide bonds. The molecule has 1 aromatic rings. The molecular formula is C19H28N2O2. The van der Waals surface area contributed by atoms with Gasteiger partial charge in [-0.15, -0.1) is 0 Å². The molecule has 2 aliphatic rings. The van der Waals surface area contributed by atoms with Gasteiger partial charge in [0, 0.05) is 44.0 Å². The zero-order valence-electron chi connectivity index (χ0n) is 14.0. The monoisotopic (exact) mass is 316 g/mol. The van der Waals surface area contributed by atoms with Gasteiger partial charge in [-0.25, -0.2) is 0 Å². The quantitative estimate of drug-likeness (QED) is 0.928. The highest BCUT2D eigenvalue weighted by atomic mass is 16.5. The van der Waals surface area contributed by atoms with Crippen LogP contribution in [0.4, 0.5) is 0 Å². The van der Waals surface area contributed by atoms with Crippen molar-refractivity contribution in [3.05, 3.63) is 35.9 Å². The predicted molar refractivity (Wildman–Crippen MR) is 91.5 cm³/mol. The summed E-state index contributed by atoms with van der Waals surface area (Å²) in [7, 11) is 0. The molecule has 2 saturated heterocycles. The van der Waals surface area contributed by atoms with E-state index in [4.69, 9.17) is 4.74 Å². The molecular weight excluding hydrogens is 288 g/mol. The summed E-state index contributed by atoms with van der Waals surface area (Å²) < 4.78 is 5.45. The van der Waals surface area contributed by atoms with E-state index in [-0.39, 0.29) is 5.91 Å². The van der Waals surface area contributed by atoms with E-state index >= 15 is 0 Å². The van der Waals surface area contributed by atoms with Gasteiger partial charge in [-0.1, -0.05) is 18.2 Å². The second-order valence-corrected chi connectivity index (χ2v) is 6.84. The Morgan fingerprint density at radius 2 is 1.78 bits per heavy atom. The van der Waals surface area contributed by atoms with Gasteiger partial charge in [0.15, 0.2) is 0 Å². The van der Waals surface area contributed by atoms with E-state index in [1.54, 1.807) is 0 Å². The summed E-state index contributed by atoms with van der Waals surface area (Å²) >= 11 is 0. The number of carbonyl (C=O) groups excluding carboxylic acids is 1. The second-order valence-electron chi connectivity index (χ2n) is 6.84. The molecule has 2 heterocycles. The number of carbonyl (C=O) groups is 1. The number of nitrogens with zero attached hydrogens (tertiary/aromatic N) is 1. The van der Waals surface area contributed by atoms with Crippen LogP contribution >= 0.6 is 0 Å². The highest BCUT2D eigenvalue weighted by Crippen LogP contribution is 2.21. The van der Waals surface area contributed by atoms with E-state index < -0.39 is 0 Å². The fraction of sp³-hybridized carbons (Fsp3) is 0.632. The molecule has 1 aromatic carbocycles. The van der Waals surface area contributed by atoms with Gasteiger partial charge in [0.25, 0.3) is 5.91 Å². The molecule has 2 aliphatic heterocycles. The van der Waals surface area contributed by atoms with Crippen LogP contribution < -0.4 is 5.32 Å². The first kappa shape index (κ1) is 16.5. The Kier molecular flexibility index (Phi) is 5.68. The summed E-state index contributed by atoms with van der Waals surface area (Å²) in [6.45, 7) is 5.82. The zero-order valence-corrected chi connectivity index (χ0v) is 14.0. The van der Waals surface area contributed by atoms with Crippen molar-refractivity contribution in [3.63, 3.8) is 0 Å². The van der Waals surface area contributed by atoms with Gasteiger partial charge >= 0.3 is 0 Å². The summed E-state index contributed by atoms with van der Waals surface area (Å²) in [6.07, 6.45) is 4.43. The van der Waals surface area contributed by atoms with Crippen LogP contribution in [0.2, 0.25) is 0 Å². The van der Waals surface area contributed by atoms with Gasteiger partial charge in [-0.3, -0.25) is 4.79 Å². The number of amides is 1. The molecule has 1 unspecified atom stereocenters. The number of likely N-dealkylation sites (tertiary alicyclic amines) is 1. The second kappa shape index (κ2) is 7.93. The maximum atomic E-state index is 12.5. The summed E-state index contributed by atoms with van der Waals surface area (Å²) in [4.78, 5) is 14.5. The Morgan fingerprint density at radius 1 is 1.13 bits per heavy atom. The average Bonchev–Trinajstić information content (AvgIpc) is 2.63. The molecule has 0 radical (unpaired) electrons. The van der Waals surface area contributed by atoms with Crippen LogP contribution in [-0.4, -0.2) is 49.2 Å². The van der Waals surface area contributed by atoms with Crippen molar-refractivity contribution in [3.8, 4) is 0 Å². The Balaban J connectivity index is 1.45. The van der Waals surface area contributed by atoms with Crippen LogP contribution in [0.25, 0.3) is 0 Å². The Labute approximate surface area is 139 Å². The van der Waals surface area contributed by atoms with Crippen molar-refractivity contribution in [1.82, 2.24) is 10.2 Å². The third-order valence-corrected chi connectivity index (χ3v) is 5.27. The Hall–Kier alpha value is -1.39. The number of hydrogen-bond donors (Lipinski definition) is 1. The van der Waals surface area contributed by atoms with E-state index in [9.17, 15) is 4.79 Å². The van der Waals surface area contributed by atoms with Crippen molar-refractivity contribution >= 4 is 5.91 Å². The van der Waals surface area contributed by atoms with Crippen LogP contribution in [0.3, 0.4) is 0 Å². The highest BCUT2D eigenvalue weighted by molar-refractivity contribution is 5.94. The van der Waals surface area contributed by atoms with E-state index in [0.717, 1.165) is 50.6 Å². The fourth-order valence-corrected chi connectivity index (χ4v) is 3.74. The summed E-state index contributed by atoms with van der Waals surface area (Å²) in [5, 5.41) is 3.79. The number of hydrogen-bond acceptors (Lipinski definition) is 3. The third-order valence-electron chi connectivity index (χ3n) is 5.27. The summed E-state index contributed by atoms with van der Waals surface area (Å²) in [6, 6.07) is 10.7. The lowest BCUT2D eigenvalue weighted by Gasteiger charge is -2.36. The minimum atomic E-state index is 0.168. The van der Waals surface area contributed by atoms with E-state index in [2.05, 4.69) is 12.2 Å². The largest absolute Gasteiger partial charge is 0.381 e. The minimum absolute atomic E-state index is 0.168.